The van der Waals surface area contributed by atoms with E-state index in [1.165, 1.54) is 12.1 Å². The van der Waals surface area contributed by atoms with Crippen LogP contribution in [-0.4, -0.2) is 24.3 Å². The molecule has 0 heterocycles. The molecule has 110 valence electrons. The Balaban J connectivity index is 1.85. The van der Waals surface area contributed by atoms with E-state index in [9.17, 15) is 9.18 Å². The number of carbonyl (C=O) groups is 1. The van der Waals surface area contributed by atoms with Crippen molar-refractivity contribution in [2.24, 2.45) is 0 Å². The molecule has 2 rings (SSSR count). The van der Waals surface area contributed by atoms with E-state index in [1.807, 2.05) is 18.2 Å². The van der Waals surface area contributed by atoms with E-state index >= 15 is 0 Å². The highest BCUT2D eigenvalue weighted by atomic mass is 79.9. The zero-order valence-electron chi connectivity index (χ0n) is 10.9. The summed E-state index contributed by atoms with van der Waals surface area (Å²) in [6.45, 7) is 0.395. The highest BCUT2D eigenvalue weighted by Gasteiger charge is 2.09. The summed E-state index contributed by atoms with van der Waals surface area (Å²) in [6.07, 6.45) is 0. The third-order valence-corrected chi connectivity index (χ3v) is 3.08. The number of rotatable bonds is 6. The maximum atomic E-state index is 13.6. The number of hydrogen-bond donors (Lipinski definition) is 1. The van der Waals surface area contributed by atoms with Crippen molar-refractivity contribution in [3.8, 4) is 11.5 Å². The molecule has 0 aliphatic rings. The predicted octanol–water partition coefficient (Wildman–Crippen LogP) is 3.74. The molecule has 0 atom stereocenters. The predicted molar refractivity (Wildman–Crippen MR) is 78.5 cm³/mol. The van der Waals surface area contributed by atoms with E-state index in [0.29, 0.717) is 5.75 Å². The minimum Gasteiger partial charge on any atom is -0.490 e. The molecule has 0 aliphatic heterocycles. The molecule has 0 saturated heterocycles. The fourth-order valence-corrected chi connectivity index (χ4v) is 2.00. The SMILES string of the molecule is O=C(O)c1ccc(OCCOc2cccc(Br)c2)c(F)c1. The van der Waals surface area contributed by atoms with Crippen LogP contribution >= 0.6 is 15.9 Å². The Bertz CT molecular complexity index is 645. The summed E-state index contributed by atoms with van der Waals surface area (Å²) in [5, 5.41) is 8.73. The highest BCUT2D eigenvalue weighted by molar-refractivity contribution is 9.10. The van der Waals surface area contributed by atoms with Gasteiger partial charge in [0.1, 0.15) is 19.0 Å². The highest BCUT2D eigenvalue weighted by Crippen LogP contribution is 2.19. The Morgan fingerprint density at radius 1 is 1.14 bits per heavy atom. The zero-order valence-corrected chi connectivity index (χ0v) is 12.5. The molecule has 2 aromatic rings. The fraction of sp³-hybridized carbons (Fsp3) is 0.133. The lowest BCUT2D eigenvalue weighted by molar-refractivity contribution is 0.0696. The second-order valence-electron chi connectivity index (χ2n) is 4.10. The van der Waals surface area contributed by atoms with Crippen LogP contribution in [-0.2, 0) is 0 Å². The number of carboxylic acid groups (broad SMARTS) is 1. The van der Waals surface area contributed by atoms with Gasteiger partial charge in [0.25, 0.3) is 0 Å². The van der Waals surface area contributed by atoms with Gasteiger partial charge in [-0.05, 0) is 36.4 Å². The molecular formula is C15H12BrFO4. The van der Waals surface area contributed by atoms with Gasteiger partial charge in [0, 0.05) is 4.47 Å². The van der Waals surface area contributed by atoms with E-state index in [-0.39, 0.29) is 24.5 Å². The maximum Gasteiger partial charge on any atom is 0.335 e. The van der Waals surface area contributed by atoms with Crippen molar-refractivity contribution in [1.82, 2.24) is 0 Å². The largest absolute Gasteiger partial charge is 0.490 e. The number of aromatic carboxylic acids is 1. The van der Waals surface area contributed by atoms with Crippen molar-refractivity contribution < 1.29 is 23.8 Å². The number of carboxylic acids is 1. The first kappa shape index (κ1) is 15.3. The van der Waals surface area contributed by atoms with Gasteiger partial charge >= 0.3 is 5.97 Å². The Kier molecular flexibility index (Phi) is 5.16. The van der Waals surface area contributed by atoms with Gasteiger partial charge in [0.15, 0.2) is 11.6 Å². The molecule has 0 unspecified atom stereocenters. The summed E-state index contributed by atoms with van der Waals surface area (Å²) in [4.78, 5) is 10.7. The van der Waals surface area contributed by atoms with Gasteiger partial charge < -0.3 is 14.6 Å². The van der Waals surface area contributed by atoms with Crippen LogP contribution in [0.2, 0.25) is 0 Å². The molecule has 21 heavy (non-hydrogen) atoms. The van der Waals surface area contributed by atoms with Crippen LogP contribution in [0.1, 0.15) is 10.4 Å². The lowest BCUT2D eigenvalue weighted by Gasteiger charge is -2.09. The van der Waals surface area contributed by atoms with Crippen LogP contribution in [0.5, 0.6) is 11.5 Å². The molecule has 0 amide bonds. The van der Waals surface area contributed by atoms with Crippen molar-refractivity contribution in [2.45, 2.75) is 0 Å². The Labute approximate surface area is 129 Å². The monoisotopic (exact) mass is 354 g/mol. The smallest absolute Gasteiger partial charge is 0.335 e. The first-order valence-electron chi connectivity index (χ1n) is 6.10. The standard InChI is InChI=1S/C15H12BrFO4/c16-11-2-1-3-12(9-11)20-6-7-21-14-5-4-10(15(18)19)8-13(14)17/h1-5,8-9H,6-7H2,(H,18,19). The van der Waals surface area contributed by atoms with Crippen LogP contribution < -0.4 is 9.47 Å². The molecule has 0 saturated carbocycles. The molecule has 0 spiro atoms. The minimum absolute atomic E-state index is 0.00200. The van der Waals surface area contributed by atoms with Crippen molar-refractivity contribution in [2.75, 3.05) is 13.2 Å². The molecular weight excluding hydrogens is 343 g/mol. The quantitative estimate of drug-likeness (QED) is 0.802. The summed E-state index contributed by atoms with van der Waals surface area (Å²) in [6, 6.07) is 10.8. The van der Waals surface area contributed by atoms with Crippen LogP contribution in [0.3, 0.4) is 0 Å². The van der Waals surface area contributed by atoms with Gasteiger partial charge in [-0.3, -0.25) is 0 Å². The van der Waals surface area contributed by atoms with Gasteiger partial charge in [-0.2, -0.15) is 0 Å². The molecule has 0 radical (unpaired) electrons. The van der Waals surface area contributed by atoms with Crippen LogP contribution in [0.15, 0.2) is 46.9 Å². The van der Waals surface area contributed by atoms with Crippen LogP contribution in [0.4, 0.5) is 4.39 Å². The van der Waals surface area contributed by atoms with E-state index in [2.05, 4.69) is 15.9 Å². The zero-order chi connectivity index (χ0) is 15.2. The van der Waals surface area contributed by atoms with E-state index in [1.54, 1.807) is 6.07 Å². The molecule has 1 N–H and O–H groups in total. The summed E-state index contributed by atoms with van der Waals surface area (Å²) < 4.78 is 25.1. The van der Waals surface area contributed by atoms with Crippen molar-refractivity contribution >= 4 is 21.9 Å². The number of ether oxygens (including phenoxy) is 2. The lowest BCUT2D eigenvalue weighted by Crippen LogP contribution is -2.10. The van der Waals surface area contributed by atoms with Gasteiger partial charge in [-0.15, -0.1) is 0 Å². The topological polar surface area (TPSA) is 55.8 Å². The van der Waals surface area contributed by atoms with E-state index in [4.69, 9.17) is 14.6 Å². The normalized spacial score (nSPS) is 10.2. The Morgan fingerprint density at radius 3 is 2.57 bits per heavy atom. The number of halogens is 2. The molecule has 0 bridgehead atoms. The average Bonchev–Trinajstić information content (AvgIpc) is 2.45. The van der Waals surface area contributed by atoms with Crippen molar-refractivity contribution in [3.05, 3.63) is 58.3 Å². The molecule has 2 aromatic carbocycles. The molecule has 0 aliphatic carbocycles. The van der Waals surface area contributed by atoms with Crippen LogP contribution in [0, 0.1) is 5.82 Å². The first-order chi connectivity index (χ1) is 10.1. The van der Waals surface area contributed by atoms with Gasteiger partial charge in [0.2, 0.25) is 0 Å². The fourth-order valence-electron chi connectivity index (χ4n) is 1.62. The third kappa shape index (κ3) is 4.46. The van der Waals surface area contributed by atoms with Crippen LogP contribution in [0.25, 0.3) is 0 Å². The van der Waals surface area contributed by atoms with E-state index < -0.39 is 11.8 Å². The second-order valence-corrected chi connectivity index (χ2v) is 5.02. The first-order valence-corrected chi connectivity index (χ1v) is 6.89. The Morgan fingerprint density at radius 2 is 1.90 bits per heavy atom. The maximum absolute atomic E-state index is 13.6. The van der Waals surface area contributed by atoms with Gasteiger partial charge in [-0.1, -0.05) is 22.0 Å². The molecule has 0 fully saturated rings. The summed E-state index contributed by atoms with van der Waals surface area (Å²) in [5.74, 6) is -1.22. The lowest BCUT2D eigenvalue weighted by atomic mass is 10.2. The summed E-state index contributed by atoms with van der Waals surface area (Å²) in [7, 11) is 0. The van der Waals surface area contributed by atoms with E-state index in [0.717, 1.165) is 10.5 Å². The van der Waals surface area contributed by atoms with Crippen molar-refractivity contribution in [3.63, 3.8) is 0 Å². The Hall–Kier alpha value is -2.08. The minimum atomic E-state index is -1.18. The van der Waals surface area contributed by atoms with Crippen molar-refractivity contribution in [1.29, 1.82) is 0 Å². The third-order valence-electron chi connectivity index (χ3n) is 2.58. The average molecular weight is 355 g/mol. The second kappa shape index (κ2) is 7.08. The number of hydrogen-bond acceptors (Lipinski definition) is 3. The summed E-state index contributed by atoms with van der Waals surface area (Å²) in [5.41, 5.74) is -0.120. The molecule has 0 aromatic heterocycles. The molecule has 4 nitrogen and oxygen atoms in total. The van der Waals surface area contributed by atoms with Gasteiger partial charge in [0.05, 0.1) is 5.56 Å². The molecule has 6 heteroatoms. The number of benzene rings is 2. The summed E-state index contributed by atoms with van der Waals surface area (Å²) >= 11 is 3.33. The van der Waals surface area contributed by atoms with Gasteiger partial charge in [-0.25, -0.2) is 9.18 Å².